The Morgan fingerprint density at radius 2 is 1.88 bits per heavy atom. The van der Waals surface area contributed by atoms with Crippen molar-refractivity contribution in [1.82, 2.24) is 5.01 Å². The van der Waals surface area contributed by atoms with Gasteiger partial charge in [0.2, 0.25) is 0 Å². The van der Waals surface area contributed by atoms with Gasteiger partial charge in [0.1, 0.15) is 0 Å². The summed E-state index contributed by atoms with van der Waals surface area (Å²) in [6, 6.07) is 7.52. The van der Waals surface area contributed by atoms with Crippen molar-refractivity contribution in [2.45, 2.75) is 6.92 Å². The predicted molar refractivity (Wildman–Crippen MR) is 62.5 cm³/mol. The summed E-state index contributed by atoms with van der Waals surface area (Å²) in [6.45, 7) is 4.87. The summed E-state index contributed by atoms with van der Waals surface area (Å²) >= 11 is 0. The summed E-state index contributed by atoms with van der Waals surface area (Å²) < 4.78 is 5.26. The zero-order chi connectivity index (χ0) is 11.4. The Balaban J connectivity index is 1.96. The van der Waals surface area contributed by atoms with Gasteiger partial charge in [0.25, 0.3) is 0 Å². The van der Waals surface area contributed by atoms with E-state index in [1.807, 2.05) is 24.3 Å². The van der Waals surface area contributed by atoms with Crippen LogP contribution in [0.3, 0.4) is 0 Å². The number of Topliss-reactive ketones (excluding diaryl/α,β-unsaturated/α-hetero) is 1. The molecule has 86 valence electrons. The van der Waals surface area contributed by atoms with Crippen molar-refractivity contribution in [3.63, 3.8) is 0 Å². The van der Waals surface area contributed by atoms with E-state index in [2.05, 4.69) is 10.4 Å². The number of benzene rings is 1. The fourth-order valence-electron chi connectivity index (χ4n) is 1.64. The smallest absolute Gasteiger partial charge is 0.159 e. The van der Waals surface area contributed by atoms with E-state index >= 15 is 0 Å². The third-order valence-electron chi connectivity index (χ3n) is 2.59. The van der Waals surface area contributed by atoms with Crippen LogP contribution in [-0.4, -0.2) is 37.1 Å². The van der Waals surface area contributed by atoms with Gasteiger partial charge in [0.15, 0.2) is 5.78 Å². The van der Waals surface area contributed by atoms with Gasteiger partial charge in [-0.25, -0.2) is 5.01 Å². The first-order valence-corrected chi connectivity index (χ1v) is 5.46. The standard InChI is InChI=1S/C12H16N2O2/c1-10(15)11-2-4-12(5-3-11)13-14-6-8-16-9-7-14/h2-5,13H,6-9H2,1H3. The molecule has 1 saturated heterocycles. The maximum atomic E-state index is 11.1. The minimum Gasteiger partial charge on any atom is -0.379 e. The fourth-order valence-corrected chi connectivity index (χ4v) is 1.64. The van der Waals surface area contributed by atoms with Crippen molar-refractivity contribution in [3.05, 3.63) is 29.8 Å². The molecule has 1 heterocycles. The predicted octanol–water partition coefficient (Wildman–Crippen LogP) is 1.55. The van der Waals surface area contributed by atoms with Crippen molar-refractivity contribution in [2.24, 2.45) is 0 Å². The number of hydrogen-bond donors (Lipinski definition) is 1. The van der Waals surface area contributed by atoms with Gasteiger partial charge in [-0.15, -0.1) is 0 Å². The molecule has 0 unspecified atom stereocenters. The number of nitrogens with one attached hydrogen (secondary N) is 1. The van der Waals surface area contributed by atoms with E-state index in [0.29, 0.717) is 0 Å². The number of rotatable bonds is 3. The first kappa shape index (κ1) is 11.1. The summed E-state index contributed by atoms with van der Waals surface area (Å²) in [7, 11) is 0. The van der Waals surface area contributed by atoms with Gasteiger partial charge >= 0.3 is 0 Å². The SMILES string of the molecule is CC(=O)c1ccc(NN2CCOCC2)cc1. The van der Waals surface area contributed by atoms with Crippen LogP contribution in [0.1, 0.15) is 17.3 Å². The molecule has 1 aromatic carbocycles. The van der Waals surface area contributed by atoms with Crippen LogP contribution < -0.4 is 5.43 Å². The van der Waals surface area contributed by atoms with Crippen molar-refractivity contribution >= 4 is 11.5 Å². The molecule has 1 N–H and O–H groups in total. The Kier molecular flexibility index (Phi) is 3.54. The second-order valence-electron chi connectivity index (χ2n) is 3.84. The number of ketones is 1. The van der Waals surface area contributed by atoms with Crippen LogP contribution in [0.15, 0.2) is 24.3 Å². The molecular formula is C12H16N2O2. The van der Waals surface area contributed by atoms with Crippen LogP contribution in [0.25, 0.3) is 0 Å². The van der Waals surface area contributed by atoms with Gasteiger partial charge in [-0.2, -0.15) is 0 Å². The Morgan fingerprint density at radius 1 is 1.25 bits per heavy atom. The molecule has 4 heteroatoms. The van der Waals surface area contributed by atoms with Crippen LogP contribution in [0, 0.1) is 0 Å². The maximum Gasteiger partial charge on any atom is 0.159 e. The molecule has 0 spiro atoms. The lowest BCUT2D eigenvalue weighted by atomic mass is 10.1. The number of hydrazine groups is 1. The summed E-state index contributed by atoms with van der Waals surface area (Å²) in [5, 5.41) is 2.12. The molecule has 0 saturated carbocycles. The molecule has 0 aliphatic carbocycles. The van der Waals surface area contributed by atoms with E-state index in [9.17, 15) is 4.79 Å². The van der Waals surface area contributed by atoms with Crippen LogP contribution in [0.5, 0.6) is 0 Å². The van der Waals surface area contributed by atoms with Crippen LogP contribution in [0.4, 0.5) is 5.69 Å². The van der Waals surface area contributed by atoms with E-state index in [1.54, 1.807) is 6.92 Å². The minimum absolute atomic E-state index is 0.0953. The first-order valence-electron chi connectivity index (χ1n) is 5.46. The Bertz CT molecular complexity index is 356. The molecule has 0 amide bonds. The van der Waals surface area contributed by atoms with Gasteiger partial charge < -0.3 is 10.2 Å². The van der Waals surface area contributed by atoms with E-state index in [0.717, 1.165) is 37.6 Å². The third kappa shape index (κ3) is 2.81. The topological polar surface area (TPSA) is 41.6 Å². The summed E-state index contributed by atoms with van der Waals surface area (Å²) in [6.07, 6.45) is 0. The summed E-state index contributed by atoms with van der Waals surface area (Å²) in [5.74, 6) is 0.0953. The number of morpholine rings is 1. The zero-order valence-electron chi connectivity index (χ0n) is 9.40. The van der Waals surface area contributed by atoms with Crippen molar-refractivity contribution in [1.29, 1.82) is 0 Å². The van der Waals surface area contributed by atoms with E-state index in [4.69, 9.17) is 4.74 Å². The molecule has 0 atom stereocenters. The lowest BCUT2D eigenvalue weighted by Gasteiger charge is -2.27. The minimum atomic E-state index is 0.0953. The number of hydrogen-bond acceptors (Lipinski definition) is 4. The molecule has 1 aliphatic heterocycles. The van der Waals surface area contributed by atoms with E-state index in [-0.39, 0.29) is 5.78 Å². The number of carbonyl (C=O) groups is 1. The normalized spacial score (nSPS) is 17.1. The second-order valence-corrected chi connectivity index (χ2v) is 3.84. The van der Waals surface area contributed by atoms with Gasteiger partial charge in [-0.1, -0.05) is 0 Å². The van der Waals surface area contributed by atoms with Crippen LogP contribution >= 0.6 is 0 Å². The molecule has 0 aromatic heterocycles. The highest BCUT2D eigenvalue weighted by molar-refractivity contribution is 5.94. The van der Waals surface area contributed by atoms with Crippen molar-refractivity contribution in [3.8, 4) is 0 Å². The van der Waals surface area contributed by atoms with Gasteiger partial charge in [-0.05, 0) is 31.2 Å². The third-order valence-corrected chi connectivity index (χ3v) is 2.59. The van der Waals surface area contributed by atoms with E-state index < -0.39 is 0 Å². The highest BCUT2D eigenvalue weighted by atomic mass is 16.5. The molecule has 1 aliphatic rings. The van der Waals surface area contributed by atoms with Crippen molar-refractivity contribution < 1.29 is 9.53 Å². The largest absolute Gasteiger partial charge is 0.379 e. The number of nitrogens with zero attached hydrogens (tertiary/aromatic N) is 1. The highest BCUT2D eigenvalue weighted by Crippen LogP contribution is 2.11. The average Bonchev–Trinajstić information content (AvgIpc) is 2.31. The lowest BCUT2D eigenvalue weighted by Crippen LogP contribution is -2.40. The van der Waals surface area contributed by atoms with Crippen molar-refractivity contribution in [2.75, 3.05) is 31.7 Å². The van der Waals surface area contributed by atoms with Crippen LogP contribution in [-0.2, 0) is 4.74 Å². The first-order chi connectivity index (χ1) is 7.75. The summed E-state index contributed by atoms with van der Waals surface area (Å²) in [4.78, 5) is 11.1. The molecule has 0 bridgehead atoms. The number of carbonyl (C=O) groups excluding carboxylic acids is 1. The van der Waals surface area contributed by atoms with Gasteiger partial charge in [-0.3, -0.25) is 4.79 Å². The molecule has 4 nitrogen and oxygen atoms in total. The molecule has 16 heavy (non-hydrogen) atoms. The molecule has 2 rings (SSSR count). The zero-order valence-corrected chi connectivity index (χ0v) is 9.40. The Morgan fingerprint density at radius 3 is 2.44 bits per heavy atom. The second kappa shape index (κ2) is 5.09. The molecule has 1 fully saturated rings. The van der Waals surface area contributed by atoms with Gasteiger partial charge in [0.05, 0.1) is 13.2 Å². The number of ether oxygens (including phenoxy) is 1. The number of anilines is 1. The van der Waals surface area contributed by atoms with Crippen LogP contribution in [0.2, 0.25) is 0 Å². The van der Waals surface area contributed by atoms with Gasteiger partial charge in [0, 0.05) is 24.3 Å². The lowest BCUT2D eigenvalue weighted by molar-refractivity contribution is 0.0497. The Hall–Kier alpha value is -1.39. The molecule has 1 aromatic rings. The maximum absolute atomic E-state index is 11.1. The Labute approximate surface area is 95.2 Å². The van der Waals surface area contributed by atoms with E-state index in [1.165, 1.54) is 0 Å². The highest BCUT2D eigenvalue weighted by Gasteiger charge is 2.09. The molecule has 0 radical (unpaired) electrons. The average molecular weight is 220 g/mol. The fraction of sp³-hybridized carbons (Fsp3) is 0.417. The molecular weight excluding hydrogens is 204 g/mol. The quantitative estimate of drug-likeness (QED) is 0.785. The monoisotopic (exact) mass is 220 g/mol. The summed E-state index contributed by atoms with van der Waals surface area (Å²) in [5.41, 5.74) is 5.04.